The monoisotopic (exact) mass is 460 g/mol. The minimum absolute atomic E-state index is 0.0524. The molecule has 0 heterocycles. The molecule has 1 N–H and O–H groups in total. The van der Waals surface area contributed by atoms with Gasteiger partial charge in [0.25, 0.3) is 12.0 Å². The molecule has 1 aromatic rings. The molecule has 0 radical (unpaired) electrons. The smallest absolute Gasteiger partial charge is 0.332 e. The highest BCUT2D eigenvalue weighted by Crippen LogP contribution is 2.14. The van der Waals surface area contributed by atoms with Gasteiger partial charge < -0.3 is 4.84 Å². The molecular formula is C21H30F2N2O5S. The van der Waals surface area contributed by atoms with Crippen molar-refractivity contribution in [1.82, 2.24) is 9.79 Å². The van der Waals surface area contributed by atoms with Gasteiger partial charge in [0.2, 0.25) is 10.0 Å². The van der Waals surface area contributed by atoms with E-state index in [-0.39, 0.29) is 16.9 Å². The lowest BCUT2D eigenvalue weighted by Crippen LogP contribution is -2.27. The van der Waals surface area contributed by atoms with Crippen LogP contribution in [0.1, 0.15) is 68.1 Å². The van der Waals surface area contributed by atoms with Crippen molar-refractivity contribution in [2.45, 2.75) is 62.7 Å². The van der Waals surface area contributed by atoms with Crippen molar-refractivity contribution in [3.8, 4) is 0 Å². The number of allylic oxidation sites excluding steroid dienone is 1. The van der Waals surface area contributed by atoms with Crippen molar-refractivity contribution in [3.63, 3.8) is 0 Å². The molecule has 0 spiro atoms. The Morgan fingerprint density at radius 2 is 1.52 bits per heavy atom. The molecule has 0 aliphatic carbocycles. The Kier molecular flexibility index (Phi) is 11.9. The number of sulfonamides is 1. The van der Waals surface area contributed by atoms with Crippen LogP contribution in [0.25, 0.3) is 0 Å². The molecule has 174 valence electrons. The number of hydrogen-bond acceptors (Lipinski definition) is 5. The molecule has 1 amide bonds. The Bertz CT molecular complexity index is 836. The van der Waals surface area contributed by atoms with E-state index >= 15 is 0 Å². The molecule has 31 heavy (non-hydrogen) atoms. The van der Waals surface area contributed by atoms with Gasteiger partial charge >= 0.3 is 5.97 Å². The van der Waals surface area contributed by atoms with Crippen LogP contribution in [0.15, 0.2) is 41.3 Å². The maximum atomic E-state index is 12.0. The lowest BCUT2D eigenvalue weighted by atomic mass is 10.1. The second kappa shape index (κ2) is 13.9. The summed E-state index contributed by atoms with van der Waals surface area (Å²) in [5.41, 5.74) is 2.22. The average Bonchev–Trinajstić information content (AvgIpc) is 2.73. The molecule has 0 saturated carbocycles. The van der Waals surface area contributed by atoms with E-state index in [1.54, 1.807) is 0 Å². The van der Waals surface area contributed by atoms with Crippen LogP contribution in [0.2, 0.25) is 0 Å². The molecule has 0 atom stereocenters. The number of nitrogens with one attached hydrogen (secondary N) is 1. The van der Waals surface area contributed by atoms with Crippen LogP contribution in [0.5, 0.6) is 0 Å². The summed E-state index contributed by atoms with van der Waals surface area (Å²) in [6, 6.07) is 5.29. The zero-order chi connectivity index (χ0) is 23.3. The number of halogens is 2. The van der Waals surface area contributed by atoms with Crippen LogP contribution in [-0.2, 0) is 19.7 Å². The predicted molar refractivity (Wildman–Crippen MR) is 113 cm³/mol. The van der Waals surface area contributed by atoms with E-state index in [9.17, 15) is 26.8 Å². The van der Waals surface area contributed by atoms with E-state index in [2.05, 4.69) is 5.48 Å². The second-order valence-corrected chi connectivity index (χ2v) is 9.38. The van der Waals surface area contributed by atoms with E-state index in [0.717, 1.165) is 48.9 Å². The molecule has 1 aromatic carbocycles. The third-order valence-electron chi connectivity index (χ3n) is 4.54. The number of amides is 1. The highest BCUT2D eigenvalue weighted by Gasteiger charge is 2.17. The van der Waals surface area contributed by atoms with Gasteiger partial charge in [-0.3, -0.25) is 4.79 Å². The fourth-order valence-electron chi connectivity index (χ4n) is 2.71. The van der Waals surface area contributed by atoms with Crippen LogP contribution in [0.3, 0.4) is 0 Å². The van der Waals surface area contributed by atoms with Gasteiger partial charge in [-0.05, 0) is 49.6 Å². The predicted octanol–water partition coefficient (Wildman–Crippen LogP) is 4.42. The summed E-state index contributed by atoms with van der Waals surface area (Å²) in [5, 5.41) is 0. The zero-order valence-corrected chi connectivity index (χ0v) is 18.7. The summed E-state index contributed by atoms with van der Waals surface area (Å²) in [4.78, 5) is 28.5. The van der Waals surface area contributed by atoms with Crippen LogP contribution in [-0.4, -0.2) is 38.7 Å². The van der Waals surface area contributed by atoms with Crippen molar-refractivity contribution in [3.05, 3.63) is 42.0 Å². The van der Waals surface area contributed by atoms with Gasteiger partial charge in [0.1, 0.15) is 0 Å². The largest absolute Gasteiger partial charge is 0.341 e. The Morgan fingerprint density at radius 1 is 0.968 bits per heavy atom. The molecule has 0 fully saturated rings. The van der Waals surface area contributed by atoms with E-state index < -0.39 is 28.0 Å². The van der Waals surface area contributed by atoms with Gasteiger partial charge in [-0.1, -0.05) is 32.1 Å². The third-order valence-corrected chi connectivity index (χ3v) is 6.37. The summed E-state index contributed by atoms with van der Waals surface area (Å²) in [5.74, 6) is -1.20. The average molecular weight is 461 g/mol. The summed E-state index contributed by atoms with van der Waals surface area (Å²) in [6.07, 6.45) is 5.88. The summed E-state index contributed by atoms with van der Waals surface area (Å²) in [7, 11) is -0.764. The first-order valence-electron chi connectivity index (χ1n) is 10.2. The SMILES string of the molecule is CN(C)S(=O)(=O)c1ccc(C(=O)NOC(=O)CCCCCCCCCC=C(F)F)cc1. The third kappa shape index (κ3) is 10.5. The van der Waals surface area contributed by atoms with E-state index in [0.29, 0.717) is 12.8 Å². The van der Waals surface area contributed by atoms with Crippen LogP contribution < -0.4 is 5.48 Å². The lowest BCUT2D eigenvalue weighted by Gasteiger charge is -2.11. The normalized spacial score (nSPS) is 11.3. The highest BCUT2D eigenvalue weighted by molar-refractivity contribution is 7.89. The van der Waals surface area contributed by atoms with Gasteiger partial charge in [0.05, 0.1) is 4.90 Å². The molecular weight excluding hydrogens is 430 g/mol. The first-order chi connectivity index (χ1) is 14.6. The molecule has 0 aromatic heterocycles. The maximum Gasteiger partial charge on any atom is 0.332 e. The number of hydrogen-bond donors (Lipinski definition) is 1. The lowest BCUT2D eigenvalue weighted by molar-refractivity contribution is -0.149. The Balaban J connectivity index is 2.19. The number of rotatable bonds is 13. The molecule has 0 saturated heterocycles. The van der Waals surface area contributed by atoms with Gasteiger partial charge in [0.15, 0.2) is 0 Å². The van der Waals surface area contributed by atoms with E-state index in [1.165, 1.54) is 38.4 Å². The van der Waals surface area contributed by atoms with Crippen molar-refractivity contribution < 1.29 is 31.6 Å². The molecule has 10 heteroatoms. The van der Waals surface area contributed by atoms with Crippen molar-refractivity contribution >= 4 is 21.9 Å². The summed E-state index contributed by atoms with van der Waals surface area (Å²) in [6.45, 7) is 0. The molecule has 0 unspecified atom stereocenters. The van der Waals surface area contributed by atoms with Crippen molar-refractivity contribution in [2.75, 3.05) is 14.1 Å². The van der Waals surface area contributed by atoms with Crippen molar-refractivity contribution in [2.24, 2.45) is 0 Å². The van der Waals surface area contributed by atoms with Gasteiger partial charge in [-0.25, -0.2) is 17.5 Å². The minimum atomic E-state index is -3.58. The maximum absolute atomic E-state index is 12.0. The number of unbranched alkanes of at least 4 members (excludes halogenated alkanes) is 7. The number of benzene rings is 1. The molecule has 1 rings (SSSR count). The minimum Gasteiger partial charge on any atom is -0.341 e. The van der Waals surface area contributed by atoms with Gasteiger partial charge in [-0.15, -0.1) is 0 Å². The molecule has 0 bridgehead atoms. The number of hydroxylamine groups is 1. The molecule has 7 nitrogen and oxygen atoms in total. The second-order valence-electron chi connectivity index (χ2n) is 7.22. The molecule has 0 aliphatic heterocycles. The van der Waals surface area contributed by atoms with Crippen LogP contribution in [0.4, 0.5) is 8.78 Å². The summed E-state index contributed by atoms with van der Waals surface area (Å²) >= 11 is 0. The van der Waals surface area contributed by atoms with E-state index in [1.807, 2.05) is 0 Å². The fraction of sp³-hybridized carbons (Fsp3) is 0.524. The fourth-order valence-corrected chi connectivity index (χ4v) is 3.61. The Hall–Kier alpha value is -2.33. The number of nitrogens with zero attached hydrogens (tertiary/aromatic N) is 1. The summed E-state index contributed by atoms with van der Waals surface area (Å²) < 4.78 is 48.8. The number of carbonyl (C=O) groups excluding carboxylic acids is 2. The number of carbonyl (C=O) groups is 2. The quantitative estimate of drug-likeness (QED) is 0.348. The van der Waals surface area contributed by atoms with Crippen LogP contribution >= 0.6 is 0 Å². The van der Waals surface area contributed by atoms with Gasteiger partial charge in [-0.2, -0.15) is 14.3 Å². The van der Waals surface area contributed by atoms with Crippen molar-refractivity contribution in [1.29, 1.82) is 0 Å². The van der Waals surface area contributed by atoms with Gasteiger partial charge in [0, 0.05) is 26.1 Å². The highest BCUT2D eigenvalue weighted by atomic mass is 32.2. The van der Waals surface area contributed by atoms with Crippen LogP contribution in [0, 0.1) is 0 Å². The standard InChI is InChI=1S/C21H30F2N2O5S/c1-25(2)31(28,29)18-15-13-17(14-16-18)21(27)24-30-20(26)12-10-8-6-4-3-5-7-9-11-19(22)23/h11,13-16H,3-10,12H2,1-2H3,(H,24,27). The zero-order valence-electron chi connectivity index (χ0n) is 17.9. The Labute approximate surface area is 182 Å². The van der Waals surface area contributed by atoms with E-state index in [4.69, 9.17) is 4.84 Å². The Morgan fingerprint density at radius 3 is 2.06 bits per heavy atom. The molecule has 0 aliphatic rings. The first-order valence-corrected chi connectivity index (χ1v) is 11.6. The topological polar surface area (TPSA) is 92.8 Å². The first kappa shape index (κ1) is 26.7.